The largest absolute Gasteiger partial charge is 0.491 e. The molecule has 2 N–H and O–H groups in total. The van der Waals surface area contributed by atoms with E-state index in [4.69, 9.17) is 14.2 Å². The first-order valence-electron chi connectivity index (χ1n) is 11.1. The minimum absolute atomic E-state index is 0.104. The van der Waals surface area contributed by atoms with Crippen molar-refractivity contribution in [3.63, 3.8) is 0 Å². The smallest absolute Gasteiger partial charge is 0.330 e. The SMILES string of the molecule is C=CC(=O)OCC(O)CC(C)(C)Oc1ccc(C(C)(C)c2ccc(OCC(C)O)cc2)cc1. The highest BCUT2D eigenvalue weighted by molar-refractivity contribution is 5.81. The van der Waals surface area contributed by atoms with Gasteiger partial charge in [0.25, 0.3) is 0 Å². The molecule has 2 aromatic rings. The van der Waals surface area contributed by atoms with Crippen LogP contribution in [0.2, 0.25) is 0 Å². The Kier molecular flexibility index (Phi) is 9.08. The summed E-state index contributed by atoms with van der Waals surface area (Å²) in [6, 6.07) is 15.8. The summed E-state index contributed by atoms with van der Waals surface area (Å²) in [7, 11) is 0. The van der Waals surface area contributed by atoms with Crippen LogP contribution < -0.4 is 9.47 Å². The monoisotopic (exact) mass is 456 g/mol. The lowest BCUT2D eigenvalue weighted by Gasteiger charge is -2.30. The summed E-state index contributed by atoms with van der Waals surface area (Å²) in [6.45, 7) is 13.2. The molecule has 0 aromatic heterocycles. The first-order valence-corrected chi connectivity index (χ1v) is 11.1. The van der Waals surface area contributed by atoms with Gasteiger partial charge in [-0.25, -0.2) is 4.79 Å². The zero-order valence-electron chi connectivity index (χ0n) is 20.2. The Bertz CT molecular complexity index is 897. The van der Waals surface area contributed by atoms with E-state index in [0.29, 0.717) is 12.2 Å². The van der Waals surface area contributed by atoms with Crippen LogP contribution in [0, 0.1) is 0 Å². The molecule has 33 heavy (non-hydrogen) atoms. The molecule has 0 spiro atoms. The first-order chi connectivity index (χ1) is 15.4. The van der Waals surface area contributed by atoms with E-state index in [-0.39, 0.29) is 18.6 Å². The van der Waals surface area contributed by atoms with Crippen molar-refractivity contribution in [1.29, 1.82) is 0 Å². The van der Waals surface area contributed by atoms with Crippen molar-refractivity contribution in [1.82, 2.24) is 0 Å². The Morgan fingerprint density at radius 3 is 1.94 bits per heavy atom. The van der Waals surface area contributed by atoms with Crippen molar-refractivity contribution < 1.29 is 29.2 Å². The van der Waals surface area contributed by atoms with Crippen LogP contribution in [0.4, 0.5) is 0 Å². The lowest BCUT2D eigenvalue weighted by molar-refractivity contribution is -0.141. The van der Waals surface area contributed by atoms with Gasteiger partial charge in [-0.3, -0.25) is 0 Å². The molecule has 0 heterocycles. The predicted molar refractivity (Wildman–Crippen MR) is 129 cm³/mol. The number of carbonyl (C=O) groups excluding carboxylic acids is 1. The molecule has 0 aliphatic rings. The molecular weight excluding hydrogens is 420 g/mol. The van der Waals surface area contributed by atoms with Gasteiger partial charge in [0, 0.05) is 17.9 Å². The maximum absolute atomic E-state index is 11.2. The lowest BCUT2D eigenvalue weighted by atomic mass is 9.78. The maximum atomic E-state index is 11.2. The van der Waals surface area contributed by atoms with Gasteiger partial charge >= 0.3 is 5.97 Å². The molecule has 0 aliphatic carbocycles. The second-order valence-corrected chi connectivity index (χ2v) is 9.39. The third kappa shape index (κ3) is 8.22. The zero-order valence-corrected chi connectivity index (χ0v) is 20.2. The van der Waals surface area contributed by atoms with Gasteiger partial charge in [-0.15, -0.1) is 0 Å². The van der Waals surface area contributed by atoms with Crippen LogP contribution in [-0.2, 0) is 14.9 Å². The molecule has 2 atom stereocenters. The van der Waals surface area contributed by atoms with Crippen LogP contribution in [-0.4, -0.2) is 47.2 Å². The third-order valence-corrected chi connectivity index (χ3v) is 5.35. The van der Waals surface area contributed by atoms with Crippen LogP contribution >= 0.6 is 0 Å². The first kappa shape index (κ1) is 26.4. The summed E-state index contributed by atoms with van der Waals surface area (Å²) in [5, 5.41) is 19.5. The van der Waals surface area contributed by atoms with Gasteiger partial charge < -0.3 is 24.4 Å². The summed E-state index contributed by atoms with van der Waals surface area (Å²) in [4.78, 5) is 11.2. The molecule has 0 fully saturated rings. The maximum Gasteiger partial charge on any atom is 0.330 e. The molecule has 0 amide bonds. The number of hydrogen-bond acceptors (Lipinski definition) is 6. The number of rotatable bonds is 12. The van der Waals surface area contributed by atoms with Crippen molar-refractivity contribution in [2.45, 2.75) is 64.3 Å². The van der Waals surface area contributed by atoms with Crippen molar-refractivity contribution in [2.24, 2.45) is 0 Å². The van der Waals surface area contributed by atoms with E-state index in [1.807, 2.05) is 62.4 Å². The molecule has 2 aromatic carbocycles. The second kappa shape index (κ2) is 11.3. The average Bonchev–Trinajstić information content (AvgIpc) is 2.76. The second-order valence-electron chi connectivity index (χ2n) is 9.39. The Hall–Kier alpha value is -2.83. The lowest BCUT2D eigenvalue weighted by Crippen LogP contribution is -2.35. The average molecular weight is 457 g/mol. The quantitative estimate of drug-likeness (QED) is 0.364. The standard InChI is InChI=1S/C27H36O6/c1-7-25(30)32-18-22(29)16-26(3,4)33-24-14-10-21(11-15-24)27(5,6)20-8-12-23(13-9-20)31-17-19(2)28/h7-15,19,22,28-29H,1,16-18H2,2-6H3. The number of aliphatic hydroxyl groups is 2. The molecule has 0 aliphatic heterocycles. The molecule has 180 valence electrons. The van der Waals surface area contributed by atoms with Crippen LogP contribution in [0.25, 0.3) is 0 Å². The van der Waals surface area contributed by atoms with Gasteiger partial charge in [0.1, 0.15) is 30.3 Å². The van der Waals surface area contributed by atoms with E-state index in [0.717, 1.165) is 23.0 Å². The van der Waals surface area contributed by atoms with Gasteiger partial charge in [-0.2, -0.15) is 0 Å². The molecule has 0 bridgehead atoms. The molecule has 0 saturated carbocycles. The Balaban J connectivity index is 2.01. The van der Waals surface area contributed by atoms with Crippen molar-refractivity contribution in [3.8, 4) is 11.5 Å². The predicted octanol–water partition coefficient (Wildman–Crippen LogP) is 4.41. The summed E-state index contributed by atoms with van der Waals surface area (Å²) in [5.41, 5.74) is 1.38. The molecule has 6 nitrogen and oxygen atoms in total. The highest BCUT2D eigenvalue weighted by Crippen LogP contribution is 2.34. The molecule has 2 rings (SSSR count). The number of ether oxygens (including phenoxy) is 3. The van der Waals surface area contributed by atoms with Crippen LogP contribution in [0.3, 0.4) is 0 Å². The number of carbonyl (C=O) groups is 1. The van der Waals surface area contributed by atoms with Crippen molar-refractivity contribution in [3.05, 3.63) is 72.3 Å². The molecule has 6 heteroatoms. The third-order valence-electron chi connectivity index (χ3n) is 5.35. The van der Waals surface area contributed by atoms with Crippen molar-refractivity contribution >= 4 is 5.97 Å². The summed E-state index contributed by atoms with van der Waals surface area (Å²) >= 11 is 0. The van der Waals surface area contributed by atoms with Gasteiger partial charge in [0.05, 0.1) is 12.2 Å². The van der Waals surface area contributed by atoms with Crippen molar-refractivity contribution in [2.75, 3.05) is 13.2 Å². The Labute approximate surface area is 196 Å². The van der Waals surface area contributed by atoms with Gasteiger partial charge in [-0.05, 0) is 56.2 Å². The topological polar surface area (TPSA) is 85.2 Å². The van der Waals surface area contributed by atoms with E-state index >= 15 is 0 Å². The summed E-state index contributed by atoms with van der Waals surface area (Å²) in [5.74, 6) is 0.854. The zero-order chi connectivity index (χ0) is 24.6. The summed E-state index contributed by atoms with van der Waals surface area (Å²) < 4.78 is 16.5. The van der Waals surface area contributed by atoms with Gasteiger partial charge in [0.15, 0.2) is 0 Å². The van der Waals surface area contributed by atoms with E-state index in [1.165, 1.54) is 0 Å². The van der Waals surface area contributed by atoms with Gasteiger partial charge in [0.2, 0.25) is 0 Å². The number of hydrogen-bond donors (Lipinski definition) is 2. The minimum atomic E-state index is -0.838. The van der Waals surface area contributed by atoms with Crippen LogP contribution in [0.5, 0.6) is 11.5 Å². The highest BCUT2D eigenvalue weighted by atomic mass is 16.5. The highest BCUT2D eigenvalue weighted by Gasteiger charge is 2.26. The fraction of sp³-hybridized carbons (Fsp3) is 0.444. The number of esters is 1. The Morgan fingerprint density at radius 2 is 1.45 bits per heavy atom. The summed E-state index contributed by atoms with van der Waals surface area (Å²) in [6.07, 6.45) is 0.0188. The fourth-order valence-electron chi connectivity index (χ4n) is 3.52. The molecule has 0 radical (unpaired) electrons. The van der Waals surface area contributed by atoms with E-state index < -0.39 is 23.8 Å². The molecule has 0 saturated heterocycles. The van der Waals surface area contributed by atoms with Gasteiger partial charge in [-0.1, -0.05) is 44.7 Å². The molecule has 2 unspecified atom stereocenters. The minimum Gasteiger partial charge on any atom is -0.491 e. The normalized spacial score (nSPS) is 13.7. The number of benzene rings is 2. The van der Waals surface area contributed by atoms with E-state index in [9.17, 15) is 15.0 Å². The van der Waals surface area contributed by atoms with Crippen LogP contribution in [0.15, 0.2) is 61.2 Å². The van der Waals surface area contributed by atoms with E-state index in [2.05, 4.69) is 20.4 Å². The van der Waals surface area contributed by atoms with E-state index in [1.54, 1.807) is 6.92 Å². The fourth-order valence-corrected chi connectivity index (χ4v) is 3.52. The Morgan fingerprint density at radius 1 is 0.939 bits per heavy atom. The molecular formula is C27H36O6. The van der Waals surface area contributed by atoms with Crippen LogP contribution in [0.1, 0.15) is 52.2 Å². The number of aliphatic hydroxyl groups excluding tert-OH is 2.